The van der Waals surface area contributed by atoms with E-state index < -0.39 is 37.0 Å². The standard InChI is InChI=1S/C17H23N3O5S2/c1-3-4-5-6-10-20-12-15(16(21)18-17(20)22)27(24,25)19-13-8-7-9-14(11-13)26(2)23/h7-9,11-12,19H,3-6,10H2,1-2H3,(H,18,21,22)/t26-/m1/s1. The van der Waals surface area contributed by atoms with Crippen LogP contribution in [0, 0.1) is 0 Å². The third kappa shape index (κ3) is 5.64. The Morgan fingerprint density at radius 3 is 2.59 bits per heavy atom. The van der Waals surface area contributed by atoms with Gasteiger partial charge in [0.25, 0.3) is 15.6 Å². The van der Waals surface area contributed by atoms with E-state index >= 15 is 0 Å². The van der Waals surface area contributed by atoms with Crippen LogP contribution in [0.2, 0.25) is 0 Å². The zero-order valence-electron chi connectivity index (χ0n) is 15.2. The smallest absolute Gasteiger partial charge is 0.299 e. The lowest BCUT2D eigenvalue weighted by atomic mass is 10.2. The number of anilines is 1. The van der Waals surface area contributed by atoms with E-state index in [1.165, 1.54) is 23.0 Å². The second kappa shape index (κ2) is 9.14. The van der Waals surface area contributed by atoms with Crippen LogP contribution in [0.1, 0.15) is 32.6 Å². The van der Waals surface area contributed by atoms with Crippen LogP contribution in [-0.2, 0) is 27.4 Å². The summed E-state index contributed by atoms with van der Waals surface area (Å²) in [5, 5.41) is 0. The van der Waals surface area contributed by atoms with Gasteiger partial charge in [-0.05, 0) is 24.6 Å². The Morgan fingerprint density at radius 1 is 1.19 bits per heavy atom. The summed E-state index contributed by atoms with van der Waals surface area (Å²) in [5.41, 5.74) is -1.44. The molecule has 0 aliphatic rings. The van der Waals surface area contributed by atoms with Gasteiger partial charge in [-0.15, -0.1) is 0 Å². The number of aromatic nitrogens is 2. The molecule has 0 aliphatic heterocycles. The zero-order valence-corrected chi connectivity index (χ0v) is 16.9. The maximum atomic E-state index is 12.6. The SMILES string of the molecule is CCCCCCn1cc(S(=O)(=O)Nc2cccc([S@@](C)=O)c2)c(=O)[nH]c1=O. The van der Waals surface area contributed by atoms with Crippen molar-refractivity contribution in [3.05, 3.63) is 51.3 Å². The van der Waals surface area contributed by atoms with Crippen LogP contribution in [0.3, 0.4) is 0 Å². The summed E-state index contributed by atoms with van der Waals surface area (Å²) in [4.78, 5) is 25.9. The minimum Gasteiger partial charge on any atom is -0.299 e. The molecule has 0 radical (unpaired) electrons. The Kier molecular flexibility index (Phi) is 7.14. The van der Waals surface area contributed by atoms with Crippen molar-refractivity contribution in [1.29, 1.82) is 0 Å². The summed E-state index contributed by atoms with van der Waals surface area (Å²) in [6.07, 6.45) is 6.20. The largest absolute Gasteiger partial charge is 0.328 e. The van der Waals surface area contributed by atoms with Gasteiger partial charge < -0.3 is 0 Å². The maximum absolute atomic E-state index is 12.6. The van der Waals surface area contributed by atoms with Crippen LogP contribution in [-0.4, -0.2) is 28.4 Å². The number of hydrogen-bond acceptors (Lipinski definition) is 5. The number of rotatable bonds is 9. The fourth-order valence-electron chi connectivity index (χ4n) is 2.50. The molecule has 1 aromatic heterocycles. The van der Waals surface area contributed by atoms with Crippen molar-refractivity contribution < 1.29 is 12.6 Å². The van der Waals surface area contributed by atoms with Crippen LogP contribution in [0.5, 0.6) is 0 Å². The molecule has 1 heterocycles. The number of nitrogens with one attached hydrogen (secondary N) is 2. The van der Waals surface area contributed by atoms with Gasteiger partial charge in [-0.25, -0.2) is 13.2 Å². The van der Waals surface area contributed by atoms with Gasteiger partial charge in [-0.2, -0.15) is 0 Å². The molecule has 8 nitrogen and oxygen atoms in total. The number of unbranched alkanes of at least 4 members (excludes halogenated alkanes) is 3. The molecule has 148 valence electrons. The Labute approximate surface area is 160 Å². The second-order valence-electron chi connectivity index (χ2n) is 6.09. The van der Waals surface area contributed by atoms with Gasteiger partial charge in [-0.3, -0.25) is 23.3 Å². The summed E-state index contributed by atoms with van der Waals surface area (Å²) >= 11 is 0. The molecule has 0 unspecified atom stereocenters. The van der Waals surface area contributed by atoms with Crippen LogP contribution in [0.15, 0.2) is 49.8 Å². The quantitative estimate of drug-likeness (QED) is 0.606. The number of sulfonamides is 1. The highest BCUT2D eigenvalue weighted by Crippen LogP contribution is 2.16. The topological polar surface area (TPSA) is 118 Å². The molecule has 1 aromatic carbocycles. The van der Waals surface area contributed by atoms with E-state index in [-0.39, 0.29) is 5.69 Å². The van der Waals surface area contributed by atoms with E-state index in [9.17, 15) is 22.2 Å². The molecule has 0 amide bonds. The van der Waals surface area contributed by atoms with Crippen molar-refractivity contribution in [2.75, 3.05) is 11.0 Å². The monoisotopic (exact) mass is 413 g/mol. The van der Waals surface area contributed by atoms with Crippen molar-refractivity contribution in [3.8, 4) is 0 Å². The average Bonchev–Trinajstić information content (AvgIpc) is 2.59. The van der Waals surface area contributed by atoms with E-state index in [0.717, 1.165) is 25.5 Å². The number of nitrogens with zero attached hydrogens (tertiary/aromatic N) is 1. The fourth-order valence-corrected chi connectivity index (χ4v) is 4.18. The highest BCUT2D eigenvalue weighted by atomic mass is 32.2. The number of aromatic amines is 1. The number of aryl methyl sites for hydroxylation is 1. The Bertz CT molecular complexity index is 1040. The van der Waals surface area contributed by atoms with Crippen molar-refractivity contribution in [2.24, 2.45) is 0 Å². The summed E-state index contributed by atoms with van der Waals surface area (Å²) in [7, 11) is -5.49. The molecule has 0 spiro atoms. The fraction of sp³-hybridized carbons (Fsp3) is 0.412. The normalized spacial score (nSPS) is 12.7. The molecule has 0 fully saturated rings. The summed E-state index contributed by atoms with van der Waals surface area (Å²) in [5.74, 6) is 0. The van der Waals surface area contributed by atoms with E-state index in [0.29, 0.717) is 17.9 Å². The molecule has 1 atom stereocenters. The molecular formula is C17H23N3O5S2. The average molecular weight is 414 g/mol. The molecule has 2 N–H and O–H groups in total. The molecule has 27 heavy (non-hydrogen) atoms. The van der Waals surface area contributed by atoms with Gasteiger partial charge in [0.1, 0.15) is 0 Å². The van der Waals surface area contributed by atoms with E-state index in [4.69, 9.17) is 0 Å². The minimum absolute atomic E-state index is 0.183. The predicted octanol–water partition coefficient (Wildman–Crippen LogP) is 1.66. The first-order chi connectivity index (χ1) is 12.7. The van der Waals surface area contributed by atoms with Gasteiger partial charge in [0, 0.05) is 34.7 Å². The highest BCUT2D eigenvalue weighted by molar-refractivity contribution is 7.92. The van der Waals surface area contributed by atoms with Gasteiger partial charge in [0.15, 0.2) is 4.90 Å². The van der Waals surface area contributed by atoms with Gasteiger partial charge in [0.2, 0.25) is 0 Å². The van der Waals surface area contributed by atoms with Gasteiger partial charge >= 0.3 is 5.69 Å². The zero-order chi connectivity index (χ0) is 20.0. The molecule has 2 aromatic rings. The van der Waals surface area contributed by atoms with Crippen molar-refractivity contribution in [2.45, 2.75) is 48.9 Å². The molecule has 0 saturated heterocycles. The molecular weight excluding hydrogens is 390 g/mol. The van der Waals surface area contributed by atoms with Crippen molar-refractivity contribution in [3.63, 3.8) is 0 Å². The van der Waals surface area contributed by atoms with Crippen LogP contribution < -0.4 is 16.0 Å². The number of benzene rings is 1. The molecule has 10 heteroatoms. The van der Waals surface area contributed by atoms with Crippen LogP contribution in [0.4, 0.5) is 5.69 Å². The highest BCUT2D eigenvalue weighted by Gasteiger charge is 2.20. The minimum atomic E-state index is -4.21. The molecule has 2 rings (SSSR count). The first-order valence-corrected chi connectivity index (χ1v) is 11.6. The van der Waals surface area contributed by atoms with Crippen molar-refractivity contribution in [1.82, 2.24) is 9.55 Å². The summed E-state index contributed by atoms with van der Waals surface area (Å²) in [6, 6.07) is 6.09. The van der Waals surface area contributed by atoms with Gasteiger partial charge in [-0.1, -0.05) is 32.3 Å². The Morgan fingerprint density at radius 2 is 1.93 bits per heavy atom. The van der Waals surface area contributed by atoms with E-state index in [2.05, 4.69) is 16.6 Å². The first kappa shape index (κ1) is 21.1. The lowest BCUT2D eigenvalue weighted by molar-refractivity contribution is 0.549. The number of H-pyrrole nitrogens is 1. The summed E-state index contributed by atoms with van der Waals surface area (Å²) in [6.45, 7) is 2.38. The van der Waals surface area contributed by atoms with Gasteiger partial charge in [0.05, 0.1) is 5.69 Å². The van der Waals surface area contributed by atoms with Crippen molar-refractivity contribution >= 4 is 26.5 Å². The molecule has 0 bridgehead atoms. The van der Waals surface area contributed by atoms with Crippen LogP contribution >= 0.6 is 0 Å². The molecule has 0 saturated carbocycles. The third-order valence-corrected chi connectivity index (χ3v) is 6.23. The Hall–Kier alpha value is -2.20. The molecule has 0 aliphatic carbocycles. The first-order valence-electron chi connectivity index (χ1n) is 8.54. The third-order valence-electron chi connectivity index (χ3n) is 3.94. The summed E-state index contributed by atoms with van der Waals surface area (Å²) < 4.78 is 40.3. The Balaban J connectivity index is 2.32. The lowest BCUT2D eigenvalue weighted by Crippen LogP contribution is -2.34. The predicted molar refractivity (Wildman–Crippen MR) is 105 cm³/mol. The van der Waals surface area contributed by atoms with Crippen LogP contribution in [0.25, 0.3) is 0 Å². The number of hydrogen-bond donors (Lipinski definition) is 2. The lowest BCUT2D eigenvalue weighted by Gasteiger charge is -2.10. The maximum Gasteiger partial charge on any atom is 0.328 e. The second-order valence-corrected chi connectivity index (χ2v) is 9.12. The van der Waals surface area contributed by atoms with E-state index in [1.807, 2.05) is 0 Å². The van der Waals surface area contributed by atoms with E-state index in [1.54, 1.807) is 12.1 Å².